The van der Waals surface area contributed by atoms with E-state index in [0.29, 0.717) is 13.2 Å². The number of benzene rings is 1. The zero-order chi connectivity index (χ0) is 15.2. The summed E-state index contributed by atoms with van der Waals surface area (Å²) in [5.41, 5.74) is 3.08. The Morgan fingerprint density at radius 2 is 2.14 bits per heavy atom. The van der Waals surface area contributed by atoms with E-state index in [4.69, 9.17) is 9.47 Å². The molecule has 2 rings (SSSR count). The molecule has 21 heavy (non-hydrogen) atoms. The highest BCUT2D eigenvalue weighted by molar-refractivity contribution is 5.27. The normalized spacial score (nSPS) is 12.4. The van der Waals surface area contributed by atoms with Crippen molar-refractivity contribution in [3.63, 3.8) is 0 Å². The van der Waals surface area contributed by atoms with Gasteiger partial charge in [0, 0.05) is 5.69 Å². The topological polar surface area (TPSA) is 56.5 Å². The second kappa shape index (κ2) is 7.24. The van der Waals surface area contributed by atoms with Crippen LogP contribution in [-0.4, -0.2) is 34.5 Å². The Morgan fingerprint density at radius 1 is 1.33 bits per heavy atom. The summed E-state index contributed by atoms with van der Waals surface area (Å²) in [6, 6.07) is 7.71. The smallest absolute Gasteiger partial charge is 0.119 e. The highest BCUT2D eigenvalue weighted by Gasteiger charge is 2.09. The minimum absolute atomic E-state index is 0.286. The van der Waals surface area contributed by atoms with Crippen molar-refractivity contribution in [2.45, 2.75) is 33.1 Å². The number of hydrogen-bond acceptors (Lipinski definition) is 4. The van der Waals surface area contributed by atoms with Crippen LogP contribution in [0.2, 0.25) is 0 Å². The van der Waals surface area contributed by atoms with Gasteiger partial charge in [0.25, 0.3) is 0 Å². The monoisotopic (exact) mass is 290 g/mol. The van der Waals surface area contributed by atoms with Gasteiger partial charge in [-0.2, -0.15) is 0 Å². The predicted molar refractivity (Wildman–Crippen MR) is 80.4 cm³/mol. The highest BCUT2D eigenvalue weighted by atomic mass is 16.5. The molecule has 5 heteroatoms. The third-order valence-electron chi connectivity index (χ3n) is 3.47. The number of hydrogen-bond donors (Lipinski definition) is 1. The molecule has 114 valence electrons. The Balaban J connectivity index is 1.78. The number of methoxy groups -OCH3 is 1. The lowest BCUT2D eigenvalue weighted by molar-refractivity contribution is 0.0200. The molecule has 0 spiro atoms. The first kappa shape index (κ1) is 15.5. The fraction of sp³-hybridized carbons (Fsp3) is 0.438. The van der Waals surface area contributed by atoms with E-state index in [0.717, 1.165) is 22.7 Å². The van der Waals surface area contributed by atoms with Gasteiger partial charge >= 0.3 is 0 Å². The first-order chi connectivity index (χ1) is 10.1. The number of aryl methyl sites for hydroxylation is 1. The van der Waals surface area contributed by atoms with Crippen LogP contribution in [0, 0.1) is 13.8 Å². The number of aliphatic hydroxyl groups is 1. The standard InChI is InChI=1S/C16H22N2O3/c1-12-13(2)18(11-17-12)8-15(19)10-21-9-14-5-4-6-16(7-14)20-3/h4-7,11,15,19H,8-10H2,1-3H3. The van der Waals surface area contributed by atoms with E-state index >= 15 is 0 Å². The van der Waals surface area contributed by atoms with Crippen molar-refractivity contribution in [3.05, 3.63) is 47.5 Å². The predicted octanol–water partition coefficient (Wildman–Crippen LogP) is 2.09. The van der Waals surface area contributed by atoms with Crippen LogP contribution in [0.4, 0.5) is 0 Å². The fourth-order valence-corrected chi connectivity index (χ4v) is 2.08. The van der Waals surface area contributed by atoms with Crippen LogP contribution in [0.1, 0.15) is 17.0 Å². The number of imidazole rings is 1. The molecule has 1 aromatic carbocycles. The number of aliphatic hydroxyl groups excluding tert-OH is 1. The Kier molecular flexibility index (Phi) is 5.36. The summed E-state index contributed by atoms with van der Waals surface area (Å²) in [7, 11) is 1.64. The molecule has 1 aromatic heterocycles. The third-order valence-corrected chi connectivity index (χ3v) is 3.47. The van der Waals surface area contributed by atoms with Crippen LogP contribution in [0.25, 0.3) is 0 Å². The molecular formula is C16H22N2O3. The van der Waals surface area contributed by atoms with Crippen molar-refractivity contribution in [2.75, 3.05) is 13.7 Å². The Morgan fingerprint density at radius 3 is 2.81 bits per heavy atom. The molecule has 2 aromatic rings. The largest absolute Gasteiger partial charge is 0.497 e. The zero-order valence-electron chi connectivity index (χ0n) is 12.7. The summed E-state index contributed by atoms with van der Waals surface area (Å²) in [6.45, 7) is 5.18. The summed E-state index contributed by atoms with van der Waals surface area (Å²) < 4.78 is 12.7. The first-order valence-corrected chi connectivity index (χ1v) is 6.97. The van der Waals surface area contributed by atoms with E-state index in [9.17, 15) is 5.11 Å². The Labute approximate surface area is 125 Å². The van der Waals surface area contributed by atoms with Gasteiger partial charge in [-0.25, -0.2) is 4.98 Å². The molecule has 0 amide bonds. The molecule has 0 aliphatic rings. The molecule has 0 aliphatic carbocycles. The van der Waals surface area contributed by atoms with Gasteiger partial charge in [0.15, 0.2) is 0 Å². The molecule has 0 aliphatic heterocycles. The van der Waals surface area contributed by atoms with Crippen molar-refractivity contribution in [2.24, 2.45) is 0 Å². The summed E-state index contributed by atoms with van der Waals surface area (Å²) in [5, 5.41) is 10.0. The molecule has 1 atom stereocenters. The Bertz CT molecular complexity index is 581. The van der Waals surface area contributed by atoms with Gasteiger partial charge in [0.1, 0.15) is 5.75 Å². The lowest BCUT2D eigenvalue weighted by atomic mass is 10.2. The van der Waals surface area contributed by atoms with E-state index in [1.54, 1.807) is 13.4 Å². The number of ether oxygens (including phenoxy) is 2. The summed E-state index contributed by atoms with van der Waals surface area (Å²) in [6.07, 6.45) is 1.19. The molecule has 0 saturated heterocycles. The Hall–Kier alpha value is -1.85. The maximum absolute atomic E-state index is 10.0. The molecule has 1 unspecified atom stereocenters. The van der Waals surface area contributed by atoms with E-state index in [2.05, 4.69) is 4.98 Å². The number of aromatic nitrogens is 2. The molecule has 1 N–H and O–H groups in total. The molecular weight excluding hydrogens is 268 g/mol. The van der Waals surface area contributed by atoms with Gasteiger partial charge in [0.05, 0.1) is 45.0 Å². The van der Waals surface area contributed by atoms with Gasteiger partial charge in [0.2, 0.25) is 0 Å². The van der Waals surface area contributed by atoms with Crippen molar-refractivity contribution in [3.8, 4) is 5.75 Å². The van der Waals surface area contributed by atoms with Crippen LogP contribution < -0.4 is 4.74 Å². The second-order valence-electron chi connectivity index (χ2n) is 5.09. The fourth-order valence-electron chi connectivity index (χ4n) is 2.08. The third kappa shape index (κ3) is 4.31. The van der Waals surface area contributed by atoms with E-state index in [1.807, 2.05) is 42.7 Å². The second-order valence-corrected chi connectivity index (χ2v) is 5.09. The lowest BCUT2D eigenvalue weighted by Crippen LogP contribution is -2.22. The van der Waals surface area contributed by atoms with E-state index < -0.39 is 6.10 Å². The lowest BCUT2D eigenvalue weighted by Gasteiger charge is -2.13. The number of nitrogens with zero attached hydrogens (tertiary/aromatic N) is 2. The van der Waals surface area contributed by atoms with Gasteiger partial charge < -0.3 is 19.1 Å². The van der Waals surface area contributed by atoms with Gasteiger partial charge in [-0.3, -0.25) is 0 Å². The number of rotatable bonds is 7. The quantitative estimate of drug-likeness (QED) is 0.848. The SMILES string of the molecule is COc1cccc(COCC(O)Cn2cnc(C)c2C)c1. The summed E-state index contributed by atoms with van der Waals surface area (Å²) in [5.74, 6) is 0.807. The average Bonchev–Trinajstić information content (AvgIpc) is 2.79. The van der Waals surface area contributed by atoms with Crippen molar-refractivity contribution >= 4 is 0 Å². The van der Waals surface area contributed by atoms with Gasteiger partial charge in [-0.1, -0.05) is 12.1 Å². The van der Waals surface area contributed by atoms with E-state index in [-0.39, 0.29) is 6.61 Å². The summed E-state index contributed by atoms with van der Waals surface area (Å²) >= 11 is 0. The minimum Gasteiger partial charge on any atom is -0.497 e. The molecule has 0 fully saturated rings. The summed E-state index contributed by atoms with van der Waals surface area (Å²) in [4.78, 5) is 4.21. The molecule has 5 nitrogen and oxygen atoms in total. The van der Waals surface area contributed by atoms with Crippen molar-refractivity contribution in [1.82, 2.24) is 9.55 Å². The van der Waals surface area contributed by atoms with Crippen molar-refractivity contribution < 1.29 is 14.6 Å². The molecule has 0 radical (unpaired) electrons. The molecule has 0 bridgehead atoms. The maximum Gasteiger partial charge on any atom is 0.119 e. The molecule has 1 heterocycles. The van der Waals surface area contributed by atoms with Crippen LogP contribution >= 0.6 is 0 Å². The molecule has 0 saturated carbocycles. The van der Waals surface area contributed by atoms with Crippen LogP contribution in [0.5, 0.6) is 5.75 Å². The first-order valence-electron chi connectivity index (χ1n) is 6.97. The maximum atomic E-state index is 10.0. The van der Waals surface area contributed by atoms with Gasteiger partial charge in [-0.05, 0) is 31.5 Å². The van der Waals surface area contributed by atoms with Gasteiger partial charge in [-0.15, -0.1) is 0 Å². The van der Waals surface area contributed by atoms with Crippen LogP contribution in [0.15, 0.2) is 30.6 Å². The minimum atomic E-state index is -0.553. The van der Waals surface area contributed by atoms with Crippen LogP contribution in [-0.2, 0) is 17.9 Å². The van der Waals surface area contributed by atoms with Crippen molar-refractivity contribution in [1.29, 1.82) is 0 Å². The average molecular weight is 290 g/mol. The van der Waals surface area contributed by atoms with Crippen LogP contribution in [0.3, 0.4) is 0 Å². The van der Waals surface area contributed by atoms with E-state index in [1.165, 1.54) is 0 Å². The zero-order valence-corrected chi connectivity index (χ0v) is 12.7. The highest BCUT2D eigenvalue weighted by Crippen LogP contribution is 2.13.